The van der Waals surface area contributed by atoms with E-state index in [1.807, 2.05) is 0 Å². The first kappa shape index (κ1) is 54.6. The largest absolute Gasteiger partial charge is 0.481 e. The van der Waals surface area contributed by atoms with Gasteiger partial charge >= 0.3 is 5.97 Å². The lowest BCUT2D eigenvalue weighted by atomic mass is 9.70. The van der Waals surface area contributed by atoms with Gasteiger partial charge in [0.25, 0.3) is 6.47 Å². The molecule has 0 fully saturated rings. The number of para-hydroxylation sites is 1. The monoisotopic (exact) mass is 1050 g/mol. The molecule has 1 aliphatic carbocycles. The Labute approximate surface area is 469 Å². The van der Waals surface area contributed by atoms with Crippen molar-refractivity contribution in [3.8, 4) is 39.1 Å². The van der Waals surface area contributed by atoms with Gasteiger partial charge in [0.1, 0.15) is 0 Å². The summed E-state index contributed by atoms with van der Waals surface area (Å²) < 4.78 is 7.41. The number of carboxylic acid groups (broad SMARTS) is 1. The average molecular weight is 1050 g/mol. The van der Waals surface area contributed by atoms with Gasteiger partial charge in [0.15, 0.2) is 0 Å². The Balaban J connectivity index is 0.937. The molecule has 0 saturated carbocycles. The van der Waals surface area contributed by atoms with Crippen LogP contribution in [0.1, 0.15) is 144 Å². The zero-order valence-corrected chi connectivity index (χ0v) is 46.8. The van der Waals surface area contributed by atoms with E-state index >= 15 is 0 Å². The lowest BCUT2D eigenvalue weighted by molar-refractivity contribution is -0.137. The molecule has 0 bridgehead atoms. The lowest BCUT2D eigenvalue weighted by Gasteiger charge is -2.33. The van der Waals surface area contributed by atoms with Crippen molar-refractivity contribution < 1.29 is 19.4 Å². The van der Waals surface area contributed by atoms with Crippen molar-refractivity contribution in [3.05, 3.63) is 204 Å². The van der Waals surface area contributed by atoms with E-state index in [4.69, 9.17) is 4.74 Å². The van der Waals surface area contributed by atoms with Gasteiger partial charge in [-0.15, -0.1) is 0 Å². The first-order valence-electron chi connectivity index (χ1n) is 29.5. The van der Waals surface area contributed by atoms with Crippen LogP contribution in [0.15, 0.2) is 176 Å². The van der Waals surface area contributed by atoms with E-state index in [1.54, 1.807) is 0 Å². The number of benzene rings is 8. The molecule has 1 heterocycles. The summed E-state index contributed by atoms with van der Waals surface area (Å²) in [5.74, 6) is -0.708. The highest BCUT2D eigenvalue weighted by molar-refractivity contribution is 6.10. The molecule has 0 amide bonds. The van der Waals surface area contributed by atoms with Crippen molar-refractivity contribution in [2.75, 3.05) is 11.5 Å². The molecule has 10 rings (SSSR count). The molecular formula is C73H78N2O4. The molecule has 6 heteroatoms. The summed E-state index contributed by atoms with van der Waals surface area (Å²) in [5, 5.41) is 11.8. The van der Waals surface area contributed by atoms with Crippen molar-refractivity contribution in [3.63, 3.8) is 0 Å². The summed E-state index contributed by atoms with van der Waals surface area (Å²) in [5.41, 5.74) is 21.1. The van der Waals surface area contributed by atoms with Crippen LogP contribution < -0.4 is 4.90 Å². The third-order valence-electron chi connectivity index (χ3n) is 16.8. The number of unbranched alkanes of at least 4 members (excludes halogenated alkanes) is 11. The summed E-state index contributed by atoms with van der Waals surface area (Å²) in [6.07, 6.45) is 18.8. The fraction of sp³-hybridized carbons (Fsp3) is 0.315. The Morgan fingerprint density at radius 1 is 0.519 bits per heavy atom. The molecule has 0 radical (unpaired) electrons. The third kappa shape index (κ3) is 12.4. The number of nitrogens with zero attached hydrogens (tertiary/aromatic N) is 2. The third-order valence-corrected chi connectivity index (χ3v) is 16.8. The number of aliphatic carboxylic acids is 1. The smallest absolute Gasteiger partial charge is 0.303 e. The fourth-order valence-corrected chi connectivity index (χ4v) is 12.6. The molecule has 9 aromatic rings. The quantitative estimate of drug-likeness (QED) is 0.0391. The predicted molar refractivity (Wildman–Crippen MR) is 330 cm³/mol. The van der Waals surface area contributed by atoms with E-state index in [2.05, 4.69) is 206 Å². The van der Waals surface area contributed by atoms with E-state index in [1.165, 1.54) is 114 Å². The lowest BCUT2D eigenvalue weighted by Crippen LogP contribution is -2.25. The predicted octanol–water partition coefficient (Wildman–Crippen LogP) is 19.9. The van der Waals surface area contributed by atoms with E-state index < -0.39 is 5.97 Å². The minimum atomic E-state index is -0.708. The molecule has 1 aliphatic rings. The van der Waals surface area contributed by atoms with Gasteiger partial charge in [0.05, 0.1) is 17.6 Å². The van der Waals surface area contributed by atoms with Crippen LogP contribution in [-0.4, -0.2) is 28.7 Å². The SMILES string of the molecule is CCCCCCc1ccc(-n2c3ccccc3c3ccc(-c4ccc(N(c5ccc(C)cc5)c5ccc(-c6ccc7c(c6)C(CCCCCCCOC=O)(CCCCCCCC(=O)O)c6cc(C)ccc6-7)cc5)cc4)cc32)cc1. The zero-order chi connectivity index (χ0) is 54.6. The maximum Gasteiger partial charge on any atom is 0.303 e. The van der Waals surface area contributed by atoms with Gasteiger partial charge in [-0.1, -0.05) is 198 Å². The number of carbonyl (C=O) groups is 2. The van der Waals surface area contributed by atoms with E-state index in [0.29, 0.717) is 13.1 Å². The van der Waals surface area contributed by atoms with Crippen LogP contribution in [-0.2, 0) is 26.2 Å². The average Bonchev–Trinajstić information content (AvgIpc) is 4.09. The Morgan fingerprint density at radius 2 is 1.05 bits per heavy atom. The molecule has 1 aromatic heterocycles. The van der Waals surface area contributed by atoms with Crippen molar-refractivity contribution in [1.29, 1.82) is 0 Å². The van der Waals surface area contributed by atoms with Crippen LogP contribution in [0.25, 0.3) is 60.9 Å². The number of aromatic nitrogens is 1. The van der Waals surface area contributed by atoms with E-state index in [0.717, 1.165) is 101 Å². The number of fused-ring (bicyclic) bond motifs is 6. The van der Waals surface area contributed by atoms with Gasteiger partial charge in [0.2, 0.25) is 0 Å². The van der Waals surface area contributed by atoms with Crippen LogP contribution in [0.5, 0.6) is 0 Å². The fourth-order valence-electron chi connectivity index (χ4n) is 12.6. The minimum absolute atomic E-state index is 0.119. The molecule has 79 heavy (non-hydrogen) atoms. The highest BCUT2D eigenvalue weighted by Gasteiger charge is 2.42. The number of hydrogen-bond donors (Lipinski definition) is 1. The first-order valence-corrected chi connectivity index (χ1v) is 29.5. The van der Waals surface area contributed by atoms with Crippen molar-refractivity contribution in [2.45, 2.75) is 142 Å². The van der Waals surface area contributed by atoms with Crippen molar-refractivity contribution >= 4 is 51.3 Å². The van der Waals surface area contributed by atoms with Gasteiger partial charge in [-0.05, 0) is 169 Å². The Morgan fingerprint density at radius 3 is 1.71 bits per heavy atom. The number of carboxylic acids is 1. The van der Waals surface area contributed by atoms with Crippen LogP contribution in [0.3, 0.4) is 0 Å². The number of anilines is 3. The van der Waals surface area contributed by atoms with Crippen LogP contribution in [0.4, 0.5) is 17.1 Å². The van der Waals surface area contributed by atoms with Crippen molar-refractivity contribution in [2.24, 2.45) is 0 Å². The first-order chi connectivity index (χ1) is 38.7. The summed E-state index contributed by atoms with van der Waals surface area (Å²) in [4.78, 5) is 24.3. The molecule has 1 unspecified atom stereocenters. The second-order valence-corrected chi connectivity index (χ2v) is 22.4. The number of hydrogen-bond acceptors (Lipinski definition) is 4. The van der Waals surface area contributed by atoms with E-state index in [-0.39, 0.29) is 11.8 Å². The molecule has 0 saturated heterocycles. The molecule has 8 aromatic carbocycles. The Hall–Kier alpha value is -7.70. The highest BCUT2D eigenvalue weighted by atomic mass is 16.5. The maximum atomic E-state index is 11.2. The van der Waals surface area contributed by atoms with Crippen molar-refractivity contribution in [1.82, 2.24) is 4.57 Å². The number of aryl methyl sites for hydroxylation is 3. The van der Waals surface area contributed by atoms with Gasteiger partial charge in [-0.3, -0.25) is 9.59 Å². The van der Waals surface area contributed by atoms with Gasteiger partial charge < -0.3 is 19.3 Å². The summed E-state index contributed by atoms with van der Waals surface area (Å²) in [7, 11) is 0. The second kappa shape index (κ2) is 25.8. The Bertz CT molecular complexity index is 3480. The second-order valence-electron chi connectivity index (χ2n) is 22.4. The van der Waals surface area contributed by atoms with Gasteiger partial charge in [-0.2, -0.15) is 0 Å². The molecule has 0 aliphatic heterocycles. The molecule has 0 spiro atoms. The standard InChI is InChI=1S/C73H78N2O4/c1-4-5-6-13-20-55-27-37-63(38-28-55)75-70-22-16-15-21-66(70)67-45-34-59(51-71(67)75)57-31-41-62(42-32-57)74(60-35-24-53(2)25-36-60)61-39-29-56(30-40-61)58-33-44-65-64-43-26-54(3)49-68(64)73(69(65)50-58,46-17-10-7-9-14-23-72(77)78)47-18-11-8-12-19-48-79-52-76/h15-16,21-22,24-45,49-52H,4-14,17-20,23,46-48H2,1-3H3,(H,77,78). The van der Waals surface area contributed by atoms with Gasteiger partial charge in [0, 0.05) is 45.4 Å². The molecule has 1 N–H and O–H groups in total. The van der Waals surface area contributed by atoms with Gasteiger partial charge in [-0.25, -0.2) is 0 Å². The van der Waals surface area contributed by atoms with E-state index in [9.17, 15) is 14.7 Å². The molecule has 404 valence electrons. The number of ether oxygens (including phenoxy) is 1. The summed E-state index contributed by atoms with van der Waals surface area (Å²) in [6.45, 7) is 7.67. The van der Waals surface area contributed by atoms with Crippen LogP contribution >= 0.6 is 0 Å². The number of carbonyl (C=O) groups excluding carboxylic acids is 1. The summed E-state index contributed by atoms with van der Waals surface area (Å²) >= 11 is 0. The highest BCUT2D eigenvalue weighted by Crippen LogP contribution is 2.55. The summed E-state index contributed by atoms with van der Waals surface area (Å²) in [6, 6.07) is 66.3. The topological polar surface area (TPSA) is 71.8 Å². The maximum absolute atomic E-state index is 11.2. The molecule has 6 nitrogen and oxygen atoms in total. The Kier molecular flexibility index (Phi) is 17.9. The van der Waals surface area contributed by atoms with Crippen LogP contribution in [0.2, 0.25) is 0 Å². The zero-order valence-electron chi connectivity index (χ0n) is 46.8. The number of rotatable bonds is 28. The minimum Gasteiger partial charge on any atom is -0.481 e. The molecular weight excluding hydrogens is 969 g/mol. The normalized spacial score (nSPS) is 13.7. The van der Waals surface area contributed by atoms with Crippen LogP contribution in [0, 0.1) is 13.8 Å². The molecule has 1 atom stereocenters.